The molecule has 1 aromatic carbocycles. The summed E-state index contributed by atoms with van der Waals surface area (Å²) in [6.07, 6.45) is 1.25. The molecule has 1 aromatic rings. The van der Waals surface area contributed by atoms with E-state index in [4.69, 9.17) is 16.3 Å². The Labute approximate surface area is 134 Å². The van der Waals surface area contributed by atoms with Gasteiger partial charge >= 0.3 is 5.97 Å². The number of hydrogen-bond acceptors (Lipinski definition) is 4. The number of ether oxygens (including phenoxy) is 1. The molecule has 22 heavy (non-hydrogen) atoms. The van der Waals surface area contributed by atoms with Gasteiger partial charge in [-0.15, -0.1) is 0 Å². The van der Waals surface area contributed by atoms with Crippen molar-refractivity contribution in [1.82, 2.24) is 4.72 Å². The first-order chi connectivity index (χ1) is 10.4. The van der Waals surface area contributed by atoms with Gasteiger partial charge in [-0.05, 0) is 43.0 Å². The Balaban J connectivity index is 2.04. The Morgan fingerprint density at radius 2 is 1.91 bits per heavy atom. The van der Waals surface area contributed by atoms with Crippen LogP contribution < -0.4 is 4.72 Å². The molecule has 0 aliphatic carbocycles. The van der Waals surface area contributed by atoms with Crippen molar-refractivity contribution in [2.24, 2.45) is 11.8 Å². The second kappa shape index (κ2) is 7.41. The number of halogens is 1. The summed E-state index contributed by atoms with van der Waals surface area (Å²) in [5.74, 6) is -1.84. The van der Waals surface area contributed by atoms with Crippen LogP contribution in [0, 0.1) is 11.8 Å². The lowest BCUT2D eigenvalue weighted by atomic mass is 9.86. The molecule has 1 heterocycles. The van der Waals surface area contributed by atoms with E-state index in [1.165, 1.54) is 24.3 Å². The fraction of sp³-hybridized carbons (Fsp3) is 0.500. The first-order valence-corrected chi connectivity index (χ1v) is 8.82. The zero-order chi connectivity index (χ0) is 16.2. The second-order valence-corrected chi connectivity index (χ2v) is 7.40. The molecule has 1 fully saturated rings. The molecule has 2 rings (SSSR count). The normalized spacial score (nSPS) is 18.0. The van der Waals surface area contributed by atoms with Crippen molar-refractivity contribution >= 4 is 27.6 Å². The van der Waals surface area contributed by atoms with Gasteiger partial charge in [0, 0.05) is 24.8 Å². The van der Waals surface area contributed by atoms with E-state index >= 15 is 0 Å². The maximum Gasteiger partial charge on any atom is 0.308 e. The molecular weight excluding hydrogens is 330 g/mol. The molecule has 1 unspecified atom stereocenters. The zero-order valence-corrected chi connectivity index (χ0v) is 13.4. The van der Waals surface area contributed by atoms with E-state index in [1.807, 2.05) is 0 Å². The van der Waals surface area contributed by atoms with Crippen LogP contribution in [0.25, 0.3) is 0 Å². The van der Waals surface area contributed by atoms with Gasteiger partial charge in [-0.1, -0.05) is 11.6 Å². The summed E-state index contributed by atoms with van der Waals surface area (Å²) in [6, 6.07) is 5.72. The molecule has 1 aliphatic rings. The number of carboxylic acids is 1. The van der Waals surface area contributed by atoms with Crippen molar-refractivity contribution in [3.8, 4) is 0 Å². The van der Waals surface area contributed by atoms with Gasteiger partial charge in [-0.2, -0.15) is 0 Å². The van der Waals surface area contributed by atoms with Gasteiger partial charge in [-0.25, -0.2) is 13.1 Å². The Hall–Kier alpha value is -1.15. The van der Waals surface area contributed by atoms with Crippen molar-refractivity contribution in [3.63, 3.8) is 0 Å². The van der Waals surface area contributed by atoms with Crippen molar-refractivity contribution in [2.75, 3.05) is 19.8 Å². The third kappa shape index (κ3) is 4.42. The average molecular weight is 348 g/mol. The summed E-state index contributed by atoms with van der Waals surface area (Å²) in [7, 11) is -3.75. The Morgan fingerprint density at radius 1 is 1.32 bits per heavy atom. The summed E-state index contributed by atoms with van der Waals surface area (Å²) >= 11 is 5.73. The van der Waals surface area contributed by atoms with Crippen LogP contribution in [0.3, 0.4) is 0 Å². The summed E-state index contributed by atoms with van der Waals surface area (Å²) in [5.41, 5.74) is 0. The third-order valence-corrected chi connectivity index (χ3v) is 5.46. The van der Waals surface area contributed by atoms with E-state index in [1.54, 1.807) is 0 Å². The highest BCUT2D eigenvalue weighted by molar-refractivity contribution is 7.89. The highest BCUT2D eigenvalue weighted by Gasteiger charge is 2.31. The van der Waals surface area contributed by atoms with Gasteiger partial charge in [-0.3, -0.25) is 4.79 Å². The summed E-state index contributed by atoms with van der Waals surface area (Å²) < 4.78 is 32.0. The van der Waals surface area contributed by atoms with Crippen LogP contribution in [0.4, 0.5) is 0 Å². The van der Waals surface area contributed by atoms with Gasteiger partial charge < -0.3 is 9.84 Å². The van der Waals surface area contributed by atoms with Crippen LogP contribution >= 0.6 is 11.6 Å². The summed E-state index contributed by atoms with van der Waals surface area (Å²) in [6.45, 7) is 0.891. The molecule has 1 saturated heterocycles. The predicted octanol–water partition coefficient (Wildman–Crippen LogP) is 1.75. The zero-order valence-electron chi connectivity index (χ0n) is 11.9. The molecule has 6 nitrogen and oxygen atoms in total. The van der Waals surface area contributed by atoms with Crippen LogP contribution in [0.15, 0.2) is 29.2 Å². The molecule has 0 radical (unpaired) electrons. The van der Waals surface area contributed by atoms with Crippen LogP contribution in [-0.4, -0.2) is 39.3 Å². The standard InChI is InChI=1S/C14H18ClNO5S/c15-11-1-3-12(4-2-11)22(19,20)16-9-13(14(17)18)10-5-7-21-8-6-10/h1-4,10,13,16H,5-9H2,(H,17,18). The smallest absolute Gasteiger partial charge is 0.308 e. The Morgan fingerprint density at radius 3 is 2.45 bits per heavy atom. The number of nitrogens with one attached hydrogen (secondary N) is 1. The molecule has 0 amide bonds. The minimum atomic E-state index is -3.75. The molecule has 0 spiro atoms. The molecule has 2 N–H and O–H groups in total. The number of benzene rings is 1. The number of rotatable bonds is 6. The molecule has 0 bridgehead atoms. The van der Waals surface area contributed by atoms with Crippen molar-refractivity contribution < 1.29 is 23.1 Å². The fourth-order valence-corrected chi connectivity index (χ4v) is 3.66. The minimum Gasteiger partial charge on any atom is -0.481 e. The Bertz CT molecular complexity index is 611. The molecule has 0 saturated carbocycles. The topological polar surface area (TPSA) is 92.7 Å². The molecular formula is C14H18ClNO5S. The molecule has 1 atom stereocenters. The maximum atomic E-state index is 12.2. The largest absolute Gasteiger partial charge is 0.481 e. The van der Waals surface area contributed by atoms with E-state index in [0.29, 0.717) is 31.1 Å². The average Bonchev–Trinajstić information content (AvgIpc) is 2.48. The van der Waals surface area contributed by atoms with Gasteiger partial charge in [0.15, 0.2) is 0 Å². The second-order valence-electron chi connectivity index (χ2n) is 5.20. The number of sulfonamides is 1. The fourth-order valence-electron chi connectivity index (χ4n) is 2.47. The van der Waals surface area contributed by atoms with E-state index < -0.39 is 21.9 Å². The highest BCUT2D eigenvalue weighted by atomic mass is 35.5. The van der Waals surface area contributed by atoms with Crippen LogP contribution in [-0.2, 0) is 19.6 Å². The first kappa shape index (κ1) is 17.2. The van der Waals surface area contributed by atoms with Crippen LogP contribution in [0.5, 0.6) is 0 Å². The van der Waals surface area contributed by atoms with Gasteiger partial charge in [0.05, 0.1) is 10.8 Å². The van der Waals surface area contributed by atoms with Crippen molar-refractivity contribution in [3.05, 3.63) is 29.3 Å². The summed E-state index contributed by atoms with van der Waals surface area (Å²) in [4.78, 5) is 11.5. The van der Waals surface area contributed by atoms with Crippen LogP contribution in [0.2, 0.25) is 5.02 Å². The lowest BCUT2D eigenvalue weighted by Crippen LogP contribution is -2.38. The number of carboxylic acid groups (broad SMARTS) is 1. The van der Waals surface area contributed by atoms with E-state index in [0.717, 1.165) is 0 Å². The van der Waals surface area contributed by atoms with Crippen LogP contribution in [0.1, 0.15) is 12.8 Å². The summed E-state index contributed by atoms with van der Waals surface area (Å²) in [5, 5.41) is 9.77. The Kier molecular flexibility index (Phi) is 5.80. The third-order valence-electron chi connectivity index (χ3n) is 3.77. The van der Waals surface area contributed by atoms with Gasteiger partial charge in [0.2, 0.25) is 10.0 Å². The monoisotopic (exact) mass is 347 g/mol. The number of carbonyl (C=O) groups is 1. The van der Waals surface area contributed by atoms with E-state index in [2.05, 4.69) is 4.72 Å². The van der Waals surface area contributed by atoms with E-state index in [9.17, 15) is 18.3 Å². The van der Waals surface area contributed by atoms with Crippen molar-refractivity contribution in [2.45, 2.75) is 17.7 Å². The molecule has 122 valence electrons. The lowest BCUT2D eigenvalue weighted by molar-refractivity contribution is -0.144. The molecule has 0 aromatic heterocycles. The SMILES string of the molecule is O=C(O)C(CNS(=O)(=O)c1ccc(Cl)cc1)C1CCOCC1. The lowest BCUT2D eigenvalue weighted by Gasteiger charge is -2.27. The quantitative estimate of drug-likeness (QED) is 0.817. The highest BCUT2D eigenvalue weighted by Crippen LogP contribution is 2.24. The van der Waals surface area contributed by atoms with Gasteiger partial charge in [0.1, 0.15) is 0 Å². The molecule has 1 aliphatic heterocycles. The van der Waals surface area contributed by atoms with Crippen molar-refractivity contribution in [1.29, 1.82) is 0 Å². The number of hydrogen-bond donors (Lipinski definition) is 2. The van der Waals surface area contributed by atoms with Gasteiger partial charge in [0.25, 0.3) is 0 Å². The maximum absolute atomic E-state index is 12.2. The predicted molar refractivity (Wildman–Crippen MR) is 81.3 cm³/mol. The molecule has 8 heteroatoms. The first-order valence-electron chi connectivity index (χ1n) is 6.96. The minimum absolute atomic E-state index is 0.0630. The van der Waals surface area contributed by atoms with E-state index in [-0.39, 0.29) is 17.4 Å². The number of aliphatic carboxylic acids is 1.